The molecule has 0 fully saturated rings. The Kier molecular flexibility index (Phi) is 4.93. The van der Waals surface area contributed by atoms with Crippen molar-refractivity contribution in [2.75, 3.05) is 10.6 Å². The third kappa shape index (κ3) is 4.51. The summed E-state index contributed by atoms with van der Waals surface area (Å²) in [7, 11) is 0. The number of carboxylic acids is 1. The zero-order valence-electron chi connectivity index (χ0n) is 13.7. The van der Waals surface area contributed by atoms with Crippen molar-refractivity contribution in [3.8, 4) is 0 Å². The number of aromatic nitrogens is 2. The molecular formula is C18H13F3N4O2. The van der Waals surface area contributed by atoms with E-state index in [1.54, 1.807) is 18.2 Å². The number of para-hydroxylation sites is 1. The van der Waals surface area contributed by atoms with E-state index in [-0.39, 0.29) is 23.0 Å². The number of carbonyl (C=O) groups is 1. The van der Waals surface area contributed by atoms with Gasteiger partial charge in [-0.05, 0) is 36.4 Å². The van der Waals surface area contributed by atoms with Crippen LogP contribution in [0.1, 0.15) is 15.9 Å². The van der Waals surface area contributed by atoms with Gasteiger partial charge in [-0.25, -0.2) is 9.78 Å². The van der Waals surface area contributed by atoms with Gasteiger partial charge in [-0.3, -0.25) is 0 Å². The molecule has 0 atom stereocenters. The molecule has 138 valence electrons. The van der Waals surface area contributed by atoms with Gasteiger partial charge >= 0.3 is 12.1 Å². The van der Waals surface area contributed by atoms with Gasteiger partial charge in [0.2, 0.25) is 5.95 Å². The molecule has 0 radical (unpaired) electrons. The lowest BCUT2D eigenvalue weighted by atomic mass is 10.2. The van der Waals surface area contributed by atoms with Gasteiger partial charge in [0.05, 0.1) is 16.8 Å². The monoisotopic (exact) mass is 374 g/mol. The van der Waals surface area contributed by atoms with Crippen LogP contribution in [0.5, 0.6) is 0 Å². The van der Waals surface area contributed by atoms with Gasteiger partial charge < -0.3 is 15.7 Å². The van der Waals surface area contributed by atoms with Crippen LogP contribution in [0.25, 0.3) is 0 Å². The number of nitrogens with one attached hydrogen (secondary N) is 2. The van der Waals surface area contributed by atoms with E-state index in [0.717, 1.165) is 12.1 Å². The molecule has 27 heavy (non-hydrogen) atoms. The smallest absolute Gasteiger partial charge is 0.416 e. The van der Waals surface area contributed by atoms with Crippen LogP contribution in [0.3, 0.4) is 0 Å². The topological polar surface area (TPSA) is 87.1 Å². The first kappa shape index (κ1) is 18.2. The summed E-state index contributed by atoms with van der Waals surface area (Å²) in [6, 6.07) is 12.4. The second-order valence-corrected chi connectivity index (χ2v) is 5.44. The highest BCUT2D eigenvalue weighted by Crippen LogP contribution is 2.31. The molecule has 0 bridgehead atoms. The number of rotatable bonds is 5. The lowest BCUT2D eigenvalue weighted by Crippen LogP contribution is -2.06. The van der Waals surface area contributed by atoms with Crippen LogP contribution in [0.15, 0.2) is 60.8 Å². The molecule has 1 heterocycles. The highest BCUT2D eigenvalue weighted by Gasteiger charge is 2.30. The number of hydrogen-bond donors (Lipinski definition) is 3. The molecule has 9 heteroatoms. The summed E-state index contributed by atoms with van der Waals surface area (Å²) < 4.78 is 38.4. The Morgan fingerprint density at radius 1 is 1.00 bits per heavy atom. The van der Waals surface area contributed by atoms with Gasteiger partial charge in [0, 0.05) is 11.9 Å². The van der Waals surface area contributed by atoms with Crippen molar-refractivity contribution in [2.24, 2.45) is 0 Å². The van der Waals surface area contributed by atoms with Gasteiger partial charge in [0.15, 0.2) is 0 Å². The quantitative estimate of drug-likeness (QED) is 0.601. The van der Waals surface area contributed by atoms with E-state index in [1.165, 1.54) is 30.5 Å². The SMILES string of the molecule is O=C(O)c1ccccc1Nc1nccc(Nc2cccc(C(F)(F)F)c2)n1. The van der Waals surface area contributed by atoms with E-state index >= 15 is 0 Å². The van der Waals surface area contributed by atoms with Crippen LogP contribution in [0.4, 0.5) is 36.3 Å². The molecule has 1 aromatic heterocycles. The fourth-order valence-corrected chi connectivity index (χ4v) is 2.31. The molecule has 0 unspecified atom stereocenters. The molecule has 0 aliphatic rings. The molecule has 0 aliphatic carbocycles. The Bertz CT molecular complexity index is 977. The fraction of sp³-hybridized carbons (Fsp3) is 0.0556. The van der Waals surface area contributed by atoms with E-state index in [1.807, 2.05) is 0 Å². The predicted molar refractivity (Wildman–Crippen MR) is 93.4 cm³/mol. The maximum absolute atomic E-state index is 12.8. The lowest BCUT2D eigenvalue weighted by Gasteiger charge is -2.11. The van der Waals surface area contributed by atoms with Crippen molar-refractivity contribution in [2.45, 2.75) is 6.18 Å². The van der Waals surface area contributed by atoms with Crippen molar-refractivity contribution in [3.05, 3.63) is 71.9 Å². The van der Waals surface area contributed by atoms with E-state index in [0.29, 0.717) is 5.69 Å². The Morgan fingerprint density at radius 2 is 1.78 bits per heavy atom. The number of alkyl halides is 3. The molecule has 6 nitrogen and oxygen atoms in total. The van der Waals surface area contributed by atoms with Crippen molar-refractivity contribution < 1.29 is 23.1 Å². The molecule has 3 rings (SSSR count). The van der Waals surface area contributed by atoms with Gasteiger partial charge in [0.25, 0.3) is 0 Å². The Hall–Kier alpha value is -3.62. The number of hydrogen-bond acceptors (Lipinski definition) is 5. The molecule has 0 amide bonds. The molecule has 0 saturated carbocycles. The zero-order chi connectivity index (χ0) is 19.4. The first-order chi connectivity index (χ1) is 12.8. The Labute approximate surface area is 151 Å². The number of nitrogens with zero attached hydrogens (tertiary/aromatic N) is 2. The summed E-state index contributed by atoms with van der Waals surface area (Å²) in [5.74, 6) is -0.767. The van der Waals surface area contributed by atoms with Crippen LogP contribution in [-0.4, -0.2) is 21.0 Å². The maximum atomic E-state index is 12.8. The number of benzene rings is 2. The zero-order valence-corrected chi connectivity index (χ0v) is 13.7. The largest absolute Gasteiger partial charge is 0.478 e. The molecular weight excluding hydrogens is 361 g/mol. The Morgan fingerprint density at radius 3 is 2.52 bits per heavy atom. The molecule has 0 aliphatic heterocycles. The third-order valence-electron chi connectivity index (χ3n) is 3.52. The van der Waals surface area contributed by atoms with E-state index < -0.39 is 17.7 Å². The fourth-order valence-electron chi connectivity index (χ4n) is 2.31. The van der Waals surface area contributed by atoms with E-state index in [9.17, 15) is 23.1 Å². The van der Waals surface area contributed by atoms with Crippen molar-refractivity contribution in [1.29, 1.82) is 0 Å². The minimum atomic E-state index is -4.45. The maximum Gasteiger partial charge on any atom is 0.416 e. The number of aromatic carboxylic acids is 1. The molecule has 0 saturated heterocycles. The third-order valence-corrected chi connectivity index (χ3v) is 3.52. The predicted octanol–water partition coefficient (Wildman–Crippen LogP) is 4.68. The molecule has 0 spiro atoms. The lowest BCUT2D eigenvalue weighted by molar-refractivity contribution is -0.137. The average molecular weight is 374 g/mol. The van der Waals surface area contributed by atoms with Crippen molar-refractivity contribution in [3.63, 3.8) is 0 Å². The van der Waals surface area contributed by atoms with Crippen LogP contribution >= 0.6 is 0 Å². The summed E-state index contributed by atoms with van der Waals surface area (Å²) in [5, 5.41) is 14.8. The normalized spacial score (nSPS) is 11.1. The first-order valence-corrected chi connectivity index (χ1v) is 7.69. The van der Waals surface area contributed by atoms with Gasteiger partial charge in [-0.1, -0.05) is 18.2 Å². The summed E-state index contributed by atoms with van der Waals surface area (Å²) in [5.41, 5.74) is -0.241. The second kappa shape index (κ2) is 7.32. The van der Waals surface area contributed by atoms with Crippen LogP contribution < -0.4 is 10.6 Å². The van der Waals surface area contributed by atoms with Gasteiger partial charge in [-0.15, -0.1) is 0 Å². The molecule has 3 aromatic rings. The minimum absolute atomic E-state index is 0.0392. The van der Waals surface area contributed by atoms with Gasteiger partial charge in [-0.2, -0.15) is 18.2 Å². The summed E-state index contributed by atoms with van der Waals surface area (Å²) in [4.78, 5) is 19.4. The number of anilines is 4. The minimum Gasteiger partial charge on any atom is -0.478 e. The van der Waals surface area contributed by atoms with Crippen molar-refractivity contribution >= 4 is 29.1 Å². The Balaban J connectivity index is 1.82. The highest BCUT2D eigenvalue weighted by atomic mass is 19.4. The van der Waals surface area contributed by atoms with E-state index in [4.69, 9.17) is 0 Å². The summed E-state index contributed by atoms with van der Waals surface area (Å²) in [6.07, 6.45) is -3.05. The summed E-state index contributed by atoms with van der Waals surface area (Å²) >= 11 is 0. The standard InChI is InChI=1S/C18H13F3N4O2/c19-18(20,21)11-4-3-5-12(10-11)23-15-8-9-22-17(25-15)24-14-7-2-1-6-13(14)16(26)27/h1-10H,(H,26,27)(H2,22,23,24,25). The van der Waals surface area contributed by atoms with Crippen molar-refractivity contribution in [1.82, 2.24) is 9.97 Å². The molecule has 2 aromatic carbocycles. The second-order valence-electron chi connectivity index (χ2n) is 5.44. The summed E-state index contributed by atoms with van der Waals surface area (Å²) in [6.45, 7) is 0. The van der Waals surface area contributed by atoms with Gasteiger partial charge in [0.1, 0.15) is 5.82 Å². The number of halogens is 3. The molecule has 3 N–H and O–H groups in total. The average Bonchev–Trinajstić information content (AvgIpc) is 2.62. The van der Waals surface area contributed by atoms with Crippen LogP contribution in [0.2, 0.25) is 0 Å². The highest BCUT2D eigenvalue weighted by molar-refractivity contribution is 5.94. The van der Waals surface area contributed by atoms with E-state index in [2.05, 4.69) is 20.6 Å². The first-order valence-electron chi connectivity index (χ1n) is 7.69. The van der Waals surface area contributed by atoms with Crippen LogP contribution in [0, 0.1) is 0 Å². The van der Waals surface area contributed by atoms with Crippen LogP contribution in [-0.2, 0) is 6.18 Å². The number of carboxylic acid groups (broad SMARTS) is 1.